The molecule has 0 bridgehead atoms. The van der Waals surface area contributed by atoms with Crippen LogP contribution in [0.1, 0.15) is 36.0 Å². The van der Waals surface area contributed by atoms with Gasteiger partial charge in [0.15, 0.2) is 0 Å². The highest BCUT2D eigenvalue weighted by atomic mass is 16.5. The number of amides is 1. The molecule has 0 unspecified atom stereocenters. The monoisotopic (exact) mass is 264 g/mol. The van der Waals surface area contributed by atoms with Crippen LogP contribution >= 0.6 is 0 Å². The van der Waals surface area contributed by atoms with Gasteiger partial charge in [-0.2, -0.15) is 0 Å². The van der Waals surface area contributed by atoms with Gasteiger partial charge in [-0.25, -0.2) is 0 Å². The fourth-order valence-electron chi connectivity index (χ4n) is 2.38. The number of nitrogens with two attached hydrogens (primary N) is 1. The molecule has 0 aromatic heterocycles. The van der Waals surface area contributed by atoms with Crippen LogP contribution in [0, 0.1) is 0 Å². The Morgan fingerprint density at radius 3 is 2.84 bits per heavy atom. The molecule has 1 aliphatic rings. The number of benzene rings is 1. The third kappa shape index (κ3) is 3.17. The molecule has 1 aromatic rings. The van der Waals surface area contributed by atoms with Gasteiger partial charge in [0.2, 0.25) is 0 Å². The molecule has 0 spiro atoms. The Kier molecular flexibility index (Phi) is 4.27. The van der Waals surface area contributed by atoms with E-state index < -0.39 is 6.10 Å². The highest BCUT2D eigenvalue weighted by molar-refractivity contribution is 5.99. The van der Waals surface area contributed by atoms with Crippen molar-refractivity contribution in [2.75, 3.05) is 12.8 Å². The molecule has 0 heterocycles. The van der Waals surface area contributed by atoms with Crippen molar-refractivity contribution in [1.82, 2.24) is 5.32 Å². The largest absolute Gasteiger partial charge is 0.497 e. The van der Waals surface area contributed by atoms with E-state index in [2.05, 4.69) is 5.32 Å². The summed E-state index contributed by atoms with van der Waals surface area (Å²) in [6.45, 7) is 0. The number of anilines is 1. The Balaban J connectivity index is 2.10. The van der Waals surface area contributed by atoms with E-state index in [9.17, 15) is 9.90 Å². The van der Waals surface area contributed by atoms with Gasteiger partial charge in [0, 0.05) is 5.69 Å². The van der Waals surface area contributed by atoms with E-state index in [0.717, 1.165) is 25.7 Å². The first-order valence-corrected chi connectivity index (χ1v) is 6.54. The number of hydrogen-bond acceptors (Lipinski definition) is 4. The van der Waals surface area contributed by atoms with Gasteiger partial charge in [0.1, 0.15) is 5.75 Å². The molecule has 1 fully saturated rings. The number of aliphatic hydroxyl groups excluding tert-OH is 1. The smallest absolute Gasteiger partial charge is 0.253 e. The molecule has 0 aliphatic heterocycles. The molecule has 104 valence electrons. The van der Waals surface area contributed by atoms with Crippen LogP contribution in [0.3, 0.4) is 0 Å². The predicted octanol–water partition coefficient (Wildman–Crippen LogP) is 1.31. The zero-order chi connectivity index (χ0) is 13.8. The Bertz CT molecular complexity index is 462. The highest BCUT2D eigenvalue weighted by Crippen LogP contribution is 2.22. The predicted molar refractivity (Wildman–Crippen MR) is 73.1 cm³/mol. The second-order valence-corrected chi connectivity index (χ2v) is 4.88. The van der Waals surface area contributed by atoms with Crippen molar-refractivity contribution in [2.24, 2.45) is 0 Å². The maximum Gasteiger partial charge on any atom is 0.253 e. The minimum atomic E-state index is -0.468. The molecule has 5 nitrogen and oxygen atoms in total. The number of hydrogen-bond donors (Lipinski definition) is 3. The van der Waals surface area contributed by atoms with Gasteiger partial charge in [-0.3, -0.25) is 4.79 Å². The molecular weight excluding hydrogens is 244 g/mol. The fourth-order valence-corrected chi connectivity index (χ4v) is 2.38. The molecule has 0 radical (unpaired) electrons. The van der Waals surface area contributed by atoms with Gasteiger partial charge in [0.25, 0.3) is 5.91 Å². The summed E-state index contributed by atoms with van der Waals surface area (Å²) < 4.78 is 5.09. The van der Waals surface area contributed by atoms with Crippen LogP contribution in [0.5, 0.6) is 5.75 Å². The van der Waals surface area contributed by atoms with E-state index in [1.807, 2.05) is 0 Å². The second-order valence-electron chi connectivity index (χ2n) is 4.88. The lowest BCUT2D eigenvalue weighted by Gasteiger charge is -2.28. The summed E-state index contributed by atoms with van der Waals surface area (Å²) in [6, 6.07) is 4.78. The summed E-state index contributed by atoms with van der Waals surface area (Å²) in [5.41, 5.74) is 6.60. The van der Waals surface area contributed by atoms with Crippen LogP contribution in [-0.2, 0) is 0 Å². The Morgan fingerprint density at radius 1 is 1.42 bits per heavy atom. The zero-order valence-electron chi connectivity index (χ0n) is 11.1. The van der Waals surface area contributed by atoms with Crippen molar-refractivity contribution in [3.8, 4) is 5.75 Å². The minimum absolute atomic E-state index is 0.188. The maximum atomic E-state index is 12.2. The minimum Gasteiger partial charge on any atom is -0.497 e. The van der Waals surface area contributed by atoms with E-state index >= 15 is 0 Å². The summed E-state index contributed by atoms with van der Waals surface area (Å²) >= 11 is 0. The molecule has 0 saturated heterocycles. The summed E-state index contributed by atoms with van der Waals surface area (Å²) in [5.74, 6) is 0.325. The molecule has 1 aliphatic carbocycles. The summed E-state index contributed by atoms with van der Waals surface area (Å²) in [5, 5.41) is 12.7. The van der Waals surface area contributed by atoms with Crippen LogP contribution in [-0.4, -0.2) is 30.3 Å². The van der Waals surface area contributed by atoms with Crippen LogP contribution < -0.4 is 15.8 Å². The Morgan fingerprint density at radius 2 is 2.16 bits per heavy atom. The lowest BCUT2D eigenvalue weighted by Crippen LogP contribution is -2.45. The van der Waals surface area contributed by atoms with Crippen LogP contribution in [0.2, 0.25) is 0 Å². The lowest BCUT2D eigenvalue weighted by atomic mass is 9.92. The van der Waals surface area contributed by atoms with E-state index in [4.69, 9.17) is 10.5 Å². The van der Waals surface area contributed by atoms with Crippen LogP contribution in [0.15, 0.2) is 18.2 Å². The SMILES string of the molecule is COc1ccc(N)c(C(=O)N[C@H]2CCCC[C@@H]2O)c1. The molecule has 1 aromatic carbocycles. The van der Waals surface area contributed by atoms with E-state index in [0.29, 0.717) is 17.0 Å². The molecule has 19 heavy (non-hydrogen) atoms. The van der Waals surface area contributed by atoms with Gasteiger partial charge in [-0.1, -0.05) is 12.8 Å². The van der Waals surface area contributed by atoms with Gasteiger partial charge >= 0.3 is 0 Å². The normalized spacial score (nSPS) is 22.8. The van der Waals surface area contributed by atoms with E-state index in [-0.39, 0.29) is 11.9 Å². The standard InChI is InChI=1S/C14H20N2O3/c1-19-9-6-7-11(15)10(8-9)14(18)16-12-4-2-3-5-13(12)17/h6-8,12-13,17H,2-5,15H2,1H3,(H,16,18)/t12-,13-/m0/s1. The lowest BCUT2D eigenvalue weighted by molar-refractivity contribution is 0.0717. The number of methoxy groups -OCH3 is 1. The van der Waals surface area contributed by atoms with Gasteiger partial charge < -0.3 is 20.9 Å². The molecule has 2 atom stereocenters. The number of nitrogen functional groups attached to an aromatic ring is 1. The zero-order valence-corrected chi connectivity index (χ0v) is 11.1. The second kappa shape index (κ2) is 5.93. The van der Waals surface area contributed by atoms with Crippen molar-refractivity contribution < 1.29 is 14.6 Å². The Labute approximate surface area is 112 Å². The van der Waals surface area contributed by atoms with Crippen molar-refractivity contribution in [3.05, 3.63) is 23.8 Å². The summed E-state index contributed by atoms with van der Waals surface area (Å²) in [6.07, 6.45) is 3.10. The molecule has 1 saturated carbocycles. The van der Waals surface area contributed by atoms with E-state index in [1.165, 1.54) is 7.11 Å². The first kappa shape index (κ1) is 13.7. The number of carbonyl (C=O) groups is 1. The van der Waals surface area contributed by atoms with E-state index in [1.54, 1.807) is 18.2 Å². The molecule has 2 rings (SSSR count). The molecule has 5 heteroatoms. The third-order valence-electron chi connectivity index (χ3n) is 3.55. The average molecular weight is 264 g/mol. The van der Waals surface area contributed by atoms with Crippen LogP contribution in [0.25, 0.3) is 0 Å². The summed E-state index contributed by atoms with van der Waals surface area (Å²) in [4.78, 5) is 12.2. The summed E-state index contributed by atoms with van der Waals surface area (Å²) in [7, 11) is 1.54. The molecule has 1 amide bonds. The molecular formula is C14H20N2O3. The van der Waals surface area contributed by atoms with Gasteiger partial charge in [-0.15, -0.1) is 0 Å². The average Bonchev–Trinajstić information content (AvgIpc) is 2.42. The third-order valence-corrected chi connectivity index (χ3v) is 3.55. The van der Waals surface area contributed by atoms with Crippen molar-refractivity contribution >= 4 is 11.6 Å². The topological polar surface area (TPSA) is 84.6 Å². The highest BCUT2D eigenvalue weighted by Gasteiger charge is 2.25. The number of rotatable bonds is 3. The number of aliphatic hydroxyl groups is 1. The van der Waals surface area contributed by atoms with Gasteiger partial charge in [0.05, 0.1) is 24.8 Å². The molecule has 4 N–H and O–H groups in total. The van der Waals surface area contributed by atoms with Crippen molar-refractivity contribution in [1.29, 1.82) is 0 Å². The van der Waals surface area contributed by atoms with Gasteiger partial charge in [-0.05, 0) is 31.0 Å². The van der Waals surface area contributed by atoms with Crippen molar-refractivity contribution in [3.63, 3.8) is 0 Å². The Hall–Kier alpha value is -1.75. The fraction of sp³-hybridized carbons (Fsp3) is 0.500. The maximum absolute atomic E-state index is 12.2. The quantitative estimate of drug-likeness (QED) is 0.719. The first-order valence-electron chi connectivity index (χ1n) is 6.54. The first-order chi connectivity index (χ1) is 9.11. The van der Waals surface area contributed by atoms with Crippen LogP contribution in [0.4, 0.5) is 5.69 Å². The number of ether oxygens (including phenoxy) is 1. The number of nitrogens with one attached hydrogen (secondary N) is 1. The van der Waals surface area contributed by atoms with Crippen molar-refractivity contribution in [2.45, 2.75) is 37.8 Å². The number of carbonyl (C=O) groups excluding carboxylic acids is 1.